The van der Waals surface area contributed by atoms with E-state index in [4.69, 9.17) is 15.1 Å². The lowest BCUT2D eigenvalue weighted by atomic mass is 9.75. The standard InChI is InChI=1S/C8H11BNO3/c11-9(12,13)8-5-4-6-2-1-3-7(6)10-8/h4-5,11-13H,1-3H2/q-1. The lowest BCUT2D eigenvalue weighted by molar-refractivity contribution is 0.248. The lowest BCUT2D eigenvalue weighted by Gasteiger charge is -2.20. The summed E-state index contributed by atoms with van der Waals surface area (Å²) in [6, 6.07) is 3.26. The average Bonchev–Trinajstić information content (AvgIpc) is 2.47. The van der Waals surface area contributed by atoms with Crippen molar-refractivity contribution in [2.45, 2.75) is 19.3 Å². The van der Waals surface area contributed by atoms with Crippen LogP contribution in [0.15, 0.2) is 12.1 Å². The van der Waals surface area contributed by atoms with Gasteiger partial charge < -0.3 is 15.1 Å². The molecule has 4 nitrogen and oxygen atoms in total. The molecule has 1 aromatic rings. The van der Waals surface area contributed by atoms with Crippen LogP contribution in [-0.2, 0) is 12.8 Å². The van der Waals surface area contributed by atoms with E-state index < -0.39 is 6.75 Å². The molecule has 0 fully saturated rings. The smallest absolute Gasteiger partial charge is 0.420 e. The van der Waals surface area contributed by atoms with Gasteiger partial charge in [-0.15, -0.1) is 0 Å². The lowest BCUT2D eigenvalue weighted by Crippen LogP contribution is -2.50. The highest BCUT2D eigenvalue weighted by Gasteiger charge is 2.22. The van der Waals surface area contributed by atoms with E-state index in [0.29, 0.717) is 0 Å². The van der Waals surface area contributed by atoms with Gasteiger partial charge in [0, 0.05) is 5.69 Å². The summed E-state index contributed by atoms with van der Waals surface area (Å²) in [4.78, 5) is 4.00. The third-order valence-electron chi connectivity index (χ3n) is 2.35. The van der Waals surface area contributed by atoms with Crippen LogP contribution >= 0.6 is 0 Å². The molecule has 0 bridgehead atoms. The second kappa shape index (κ2) is 2.80. The normalized spacial score (nSPS) is 15.9. The number of rotatable bonds is 1. The Morgan fingerprint density at radius 1 is 1.15 bits per heavy atom. The summed E-state index contributed by atoms with van der Waals surface area (Å²) in [5.74, 6) is 0. The molecule has 70 valence electrons. The molecule has 0 aromatic carbocycles. The van der Waals surface area contributed by atoms with Crippen molar-refractivity contribution >= 4 is 12.3 Å². The molecule has 0 spiro atoms. The number of hydrogen-bond acceptors (Lipinski definition) is 4. The molecule has 0 saturated heterocycles. The van der Waals surface area contributed by atoms with Crippen LogP contribution in [0, 0.1) is 0 Å². The summed E-state index contributed by atoms with van der Waals surface area (Å²) in [6.07, 6.45) is 2.90. The third kappa shape index (κ3) is 1.58. The van der Waals surface area contributed by atoms with Crippen molar-refractivity contribution in [3.05, 3.63) is 23.4 Å². The number of nitrogens with zero attached hydrogens (tertiary/aromatic N) is 1. The topological polar surface area (TPSA) is 73.6 Å². The fourth-order valence-corrected chi connectivity index (χ4v) is 1.65. The highest BCUT2D eigenvalue weighted by molar-refractivity contribution is 6.70. The Bertz CT molecular complexity index is 335. The maximum Gasteiger partial charge on any atom is 0.420 e. The van der Waals surface area contributed by atoms with Crippen molar-refractivity contribution in [2.24, 2.45) is 0 Å². The van der Waals surface area contributed by atoms with Gasteiger partial charge in [-0.3, -0.25) is 4.98 Å². The van der Waals surface area contributed by atoms with Gasteiger partial charge >= 0.3 is 6.75 Å². The summed E-state index contributed by atoms with van der Waals surface area (Å²) >= 11 is 0. The zero-order valence-electron chi connectivity index (χ0n) is 7.14. The molecule has 0 unspecified atom stereocenters. The van der Waals surface area contributed by atoms with Crippen LogP contribution in [0.25, 0.3) is 0 Å². The third-order valence-corrected chi connectivity index (χ3v) is 2.35. The Kier molecular flexibility index (Phi) is 1.87. The molecular weight excluding hydrogens is 169 g/mol. The van der Waals surface area contributed by atoms with Crippen LogP contribution in [0.3, 0.4) is 0 Å². The van der Waals surface area contributed by atoms with Crippen LogP contribution in [0.5, 0.6) is 0 Å². The first-order valence-electron chi connectivity index (χ1n) is 4.38. The summed E-state index contributed by atoms with van der Waals surface area (Å²) in [7, 11) is 0. The first kappa shape index (κ1) is 8.68. The molecule has 0 saturated carbocycles. The van der Waals surface area contributed by atoms with Gasteiger partial charge in [0.15, 0.2) is 0 Å². The molecular formula is C8H11BNO3-. The molecule has 2 rings (SSSR count). The van der Waals surface area contributed by atoms with E-state index in [2.05, 4.69) is 4.98 Å². The van der Waals surface area contributed by atoms with Crippen molar-refractivity contribution in [3.8, 4) is 0 Å². The largest absolute Gasteiger partial charge is 0.555 e. The van der Waals surface area contributed by atoms with E-state index in [0.717, 1.165) is 30.5 Å². The molecule has 1 aliphatic carbocycles. The molecule has 0 aliphatic heterocycles. The van der Waals surface area contributed by atoms with E-state index >= 15 is 0 Å². The number of fused-ring (bicyclic) bond motifs is 1. The maximum atomic E-state index is 8.93. The molecule has 3 N–H and O–H groups in total. The van der Waals surface area contributed by atoms with Gasteiger partial charge in [-0.1, -0.05) is 12.1 Å². The van der Waals surface area contributed by atoms with E-state index in [1.165, 1.54) is 6.07 Å². The van der Waals surface area contributed by atoms with Gasteiger partial charge in [0.25, 0.3) is 0 Å². The zero-order chi connectivity index (χ0) is 9.47. The van der Waals surface area contributed by atoms with E-state index in [1.807, 2.05) is 0 Å². The van der Waals surface area contributed by atoms with Gasteiger partial charge in [0.2, 0.25) is 0 Å². The summed E-state index contributed by atoms with van der Waals surface area (Å²) < 4.78 is 0. The fraction of sp³-hybridized carbons (Fsp3) is 0.375. The highest BCUT2D eigenvalue weighted by Crippen LogP contribution is 2.17. The van der Waals surface area contributed by atoms with Crippen LogP contribution in [0.1, 0.15) is 17.7 Å². The Labute approximate surface area is 75.9 Å². The second-order valence-corrected chi connectivity index (χ2v) is 3.43. The first-order chi connectivity index (χ1) is 6.07. The molecule has 13 heavy (non-hydrogen) atoms. The highest BCUT2D eigenvalue weighted by atomic mass is 16.5. The summed E-state index contributed by atoms with van der Waals surface area (Å²) in [5.41, 5.74) is 1.98. The average molecular weight is 180 g/mol. The van der Waals surface area contributed by atoms with Crippen LogP contribution in [-0.4, -0.2) is 26.8 Å². The number of aryl methyl sites for hydroxylation is 2. The fourth-order valence-electron chi connectivity index (χ4n) is 1.65. The Balaban J connectivity index is 2.42. The van der Waals surface area contributed by atoms with Gasteiger partial charge in [-0.25, -0.2) is 0 Å². The summed E-state index contributed by atoms with van der Waals surface area (Å²) in [6.45, 7) is -3.43. The summed E-state index contributed by atoms with van der Waals surface area (Å²) in [5, 5.41) is 26.8. The molecule has 0 amide bonds. The van der Waals surface area contributed by atoms with Crippen molar-refractivity contribution < 1.29 is 15.1 Å². The minimum absolute atomic E-state index is 0.0411. The molecule has 1 aromatic heterocycles. The van der Waals surface area contributed by atoms with Gasteiger partial charge in [0.1, 0.15) is 0 Å². The van der Waals surface area contributed by atoms with Crippen LogP contribution in [0.2, 0.25) is 0 Å². The second-order valence-electron chi connectivity index (χ2n) is 3.43. The van der Waals surface area contributed by atoms with Gasteiger partial charge in [-0.2, -0.15) is 0 Å². The quantitative estimate of drug-likeness (QED) is 0.469. The number of aromatic nitrogens is 1. The molecule has 1 heterocycles. The monoisotopic (exact) mass is 180 g/mol. The van der Waals surface area contributed by atoms with Crippen LogP contribution < -0.4 is 5.59 Å². The van der Waals surface area contributed by atoms with E-state index in [-0.39, 0.29) is 5.59 Å². The van der Waals surface area contributed by atoms with Crippen molar-refractivity contribution in [1.82, 2.24) is 4.98 Å². The van der Waals surface area contributed by atoms with Gasteiger partial charge in [-0.05, 0) is 30.4 Å². The maximum absolute atomic E-state index is 8.93. The minimum Gasteiger partial charge on any atom is -0.555 e. The van der Waals surface area contributed by atoms with E-state index in [1.54, 1.807) is 6.07 Å². The van der Waals surface area contributed by atoms with Crippen molar-refractivity contribution in [3.63, 3.8) is 0 Å². The predicted octanol–water partition coefficient (Wildman–Crippen LogP) is -1.31. The molecule has 0 radical (unpaired) electrons. The first-order valence-corrected chi connectivity index (χ1v) is 4.38. The SMILES string of the molecule is O[B-](O)(O)c1ccc2c(n1)CCC2. The number of pyridine rings is 1. The van der Waals surface area contributed by atoms with Crippen LogP contribution in [0.4, 0.5) is 0 Å². The molecule has 5 heteroatoms. The van der Waals surface area contributed by atoms with E-state index in [9.17, 15) is 0 Å². The minimum atomic E-state index is -3.43. The van der Waals surface area contributed by atoms with Crippen molar-refractivity contribution in [1.29, 1.82) is 0 Å². The predicted molar refractivity (Wildman–Crippen MR) is 48.3 cm³/mol. The zero-order valence-corrected chi connectivity index (χ0v) is 7.14. The Morgan fingerprint density at radius 3 is 2.62 bits per heavy atom. The Morgan fingerprint density at radius 2 is 1.92 bits per heavy atom. The van der Waals surface area contributed by atoms with Crippen molar-refractivity contribution in [2.75, 3.05) is 0 Å². The number of hydrogen-bond donors (Lipinski definition) is 3. The van der Waals surface area contributed by atoms with Gasteiger partial charge in [0.05, 0.1) is 0 Å². The Hall–Kier alpha value is -0.905. The molecule has 1 aliphatic rings. The molecule has 0 atom stereocenters.